The Hall–Kier alpha value is -2.95. The lowest BCUT2D eigenvalue weighted by atomic mass is 10.1. The number of aromatic nitrogens is 1. The van der Waals surface area contributed by atoms with Gasteiger partial charge in [-0.2, -0.15) is 0 Å². The molecule has 0 saturated carbocycles. The Balaban J connectivity index is 1.81. The average molecular weight is 308 g/mol. The maximum Gasteiger partial charge on any atom is 0.336 e. The number of nitrogens with zero attached hydrogens (tertiary/aromatic N) is 1. The summed E-state index contributed by atoms with van der Waals surface area (Å²) in [6, 6.07) is 10.5. The van der Waals surface area contributed by atoms with Gasteiger partial charge in [0.25, 0.3) is 0 Å². The second-order valence-electron chi connectivity index (χ2n) is 5.51. The minimum Gasteiger partial charge on any atom is -0.423 e. The fourth-order valence-electron chi connectivity index (χ4n) is 2.47. The Labute approximate surface area is 133 Å². The van der Waals surface area contributed by atoms with E-state index in [4.69, 9.17) is 4.42 Å². The summed E-state index contributed by atoms with van der Waals surface area (Å²) >= 11 is 0. The van der Waals surface area contributed by atoms with E-state index in [2.05, 4.69) is 10.3 Å². The van der Waals surface area contributed by atoms with E-state index < -0.39 is 5.63 Å². The smallest absolute Gasteiger partial charge is 0.336 e. The summed E-state index contributed by atoms with van der Waals surface area (Å²) in [6.45, 7) is 3.80. The highest BCUT2D eigenvalue weighted by Gasteiger charge is 2.08. The molecule has 0 fully saturated rings. The van der Waals surface area contributed by atoms with Crippen LogP contribution < -0.4 is 10.9 Å². The molecule has 2 heterocycles. The Morgan fingerprint density at radius 3 is 2.78 bits per heavy atom. The van der Waals surface area contributed by atoms with E-state index in [-0.39, 0.29) is 12.3 Å². The van der Waals surface area contributed by atoms with Gasteiger partial charge in [-0.15, -0.1) is 0 Å². The zero-order chi connectivity index (χ0) is 16.4. The number of benzene rings is 1. The highest BCUT2D eigenvalue weighted by atomic mass is 16.4. The maximum atomic E-state index is 12.1. The van der Waals surface area contributed by atoms with Crippen LogP contribution in [0.2, 0.25) is 0 Å². The third kappa shape index (κ3) is 3.45. The molecule has 5 heteroatoms. The first-order chi connectivity index (χ1) is 11.0. The number of hydrogen-bond donors (Lipinski definition) is 1. The van der Waals surface area contributed by atoms with E-state index in [9.17, 15) is 9.59 Å². The summed E-state index contributed by atoms with van der Waals surface area (Å²) in [5.74, 6) is -0.169. The molecule has 0 aliphatic carbocycles. The summed E-state index contributed by atoms with van der Waals surface area (Å²) in [4.78, 5) is 27.7. The molecule has 0 saturated heterocycles. The first-order valence-corrected chi connectivity index (χ1v) is 7.27. The van der Waals surface area contributed by atoms with Crippen molar-refractivity contribution >= 4 is 22.6 Å². The van der Waals surface area contributed by atoms with Crippen LogP contribution in [-0.2, 0) is 11.2 Å². The zero-order valence-electron chi connectivity index (χ0n) is 12.9. The molecule has 0 spiro atoms. The van der Waals surface area contributed by atoms with Crippen molar-refractivity contribution in [1.82, 2.24) is 4.98 Å². The molecule has 3 aromatic rings. The maximum absolute atomic E-state index is 12.1. The number of fused-ring (bicyclic) bond motifs is 1. The van der Waals surface area contributed by atoms with Crippen LogP contribution >= 0.6 is 0 Å². The molecular weight excluding hydrogens is 292 g/mol. The molecule has 0 aliphatic heterocycles. The van der Waals surface area contributed by atoms with Gasteiger partial charge in [-0.1, -0.05) is 0 Å². The molecule has 1 amide bonds. The summed E-state index contributed by atoms with van der Waals surface area (Å²) in [6.07, 6.45) is 1.88. The minimum atomic E-state index is -0.401. The predicted molar refractivity (Wildman–Crippen MR) is 88.5 cm³/mol. The highest BCUT2D eigenvalue weighted by Crippen LogP contribution is 2.20. The van der Waals surface area contributed by atoms with Crippen molar-refractivity contribution in [3.05, 3.63) is 69.8 Å². The summed E-state index contributed by atoms with van der Waals surface area (Å²) in [5.41, 5.74) is 3.27. The molecule has 0 unspecified atom stereocenters. The van der Waals surface area contributed by atoms with Gasteiger partial charge in [-0.3, -0.25) is 9.78 Å². The molecule has 0 aliphatic rings. The molecule has 23 heavy (non-hydrogen) atoms. The molecule has 1 N–H and O–H groups in total. The fraction of sp³-hybridized carbons (Fsp3) is 0.167. The van der Waals surface area contributed by atoms with Crippen LogP contribution in [0.1, 0.15) is 16.8 Å². The van der Waals surface area contributed by atoms with Crippen molar-refractivity contribution in [2.45, 2.75) is 20.3 Å². The molecule has 2 aromatic heterocycles. The Morgan fingerprint density at radius 2 is 2.00 bits per heavy atom. The van der Waals surface area contributed by atoms with Crippen molar-refractivity contribution in [3.63, 3.8) is 0 Å². The quantitative estimate of drug-likeness (QED) is 0.755. The van der Waals surface area contributed by atoms with Crippen molar-refractivity contribution < 1.29 is 9.21 Å². The first kappa shape index (κ1) is 15.0. The normalized spacial score (nSPS) is 10.7. The third-order valence-electron chi connectivity index (χ3n) is 3.55. The van der Waals surface area contributed by atoms with Crippen LogP contribution in [0.5, 0.6) is 0 Å². The standard InChI is InChI=1S/C18H16N2O3/c1-11-5-6-19-14(7-11)10-17(21)20-13-3-4-15-12(2)8-18(22)23-16(15)9-13/h3-9H,10H2,1-2H3,(H,20,21). The van der Waals surface area contributed by atoms with Gasteiger partial charge in [0, 0.05) is 35.1 Å². The Bertz CT molecular complexity index is 944. The van der Waals surface area contributed by atoms with Crippen molar-refractivity contribution in [2.24, 2.45) is 0 Å². The molecule has 5 nitrogen and oxygen atoms in total. The SMILES string of the molecule is Cc1ccnc(CC(=O)Nc2ccc3c(C)cc(=O)oc3c2)c1. The lowest BCUT2D eigenvalue weighted by Gasteiger charge is -2.07. The number of amides is 1. The highest BCUT2D eigenvalue weighted by molar-refractivity contribution is 5.94. The van der Waals surface area contributed by atoms with Crippen LogP contribution in [0.3, 0.4) is 0 Å². The van der Waals surface area contributed by atoms with Gasteiger partial charge in [-0.05, 0) is 49.2 Å². The van der Waals surface area contributed by atoms with Gasteiger partial charge in [0.1, 0.15) is 5.58 Å². The predicted octanol–water partition coefficient (Wildman–Crippen LogP) is 2.99. The zero-order valence-corrected chi connectivity index (χ0v) is 12.9. The number of aryl methyl sites for hydroxylation is 2. The Morgan fingerprint density at radius 1 is 1.17 bits per heavy atom. The van der Waals surface area contributed by atoms with E-state index in [0.29, 0.717) is 17.0 Å². The average Bonchev–Trinajstić information content (AvgIpc) is 2.46. The van der Waals surface area contributed by atoms with Crippen molar-refractivity contribution in [1.29, 1.82) is 0 Å². The molecule has 116 valence electrons. The second kappa shape index (κ2) is 6.04. The fourth-order valence-corrected chi connectivity index (χ4v) is 2.47. The van der Waals surface area contributed by atoms with Gasteiger partial charge >= 0.3 is 5.63 Å². The summed E-state index contributed by atoms with van der Waals surface area (Å²) < 4.78 is 5.18. The van der Waals surface area contributed by atoms with E-state index in [0.717, 1.165) is 16.5 Å². The monoisotopic (exact) mass is 308 g/mol. The largest absolute Gasteiger partial charge is 0.423 e. The van der Waals surface area contributed by atoms with Gasteiger partial charge in [-0.25, -0.2) is 4.79 Å². The molecule has 3 rings (SSSR count). The first-order valence-electron chi connectivity index (χ1n) is 7.27. The number of anilines is 1. The summed E-state index contributed by atoms with van der Waals surface area (Å²) in [5, 5.41) is 3.65. The third-order valence-corrected chi connectivity index (χ3v) is 3.55. The van der Waals surface area contributed by atoms with Crippen molar-refractivity contribution in [3.8, 4) is 0 Å². The molecule has 1 aromatic carbocycles. The molecular formula is C18H16N2O3. The molecule has 0 radical (unpaired) electrons. The van der Waals surface area contributed by atoms with Gasteiger partial charge in [0.15, 0.2) is 0 Å². The number of nitrogens with one attached hydrogen (secondary N) is 1. The van der Waals surface area contributed by atoms with Crippen LogP contribution in [0, 0.1) is 13.8 Å². The van der Waals surface area contributed by atoms with E-state index in [1.54, 1.807) is 18.3 Å². The summed E-state index contributed by atoms with van der Waals surface area (Å²) in [7, 11) is 0. The van der Waals surface area contributed by atoms with Crippen molar-refractivity contribution in [2.75, 3.05) is 5.32 Å². The van der Waals surface area contributed by atoms with E-state index >= 15 is 0 Å². The number of carbonyl (C=O) groups excluding carboxylic acids is 1. The second-order valence-corrected chi connectivity index (χ2v) is 5.51. The van der Waals surface area contributed by atoms with Gasteiger partial charge in [0.2, 0.25) is 5.91 Å². The Kier molecular flexibility index (Phi) is 3.93. The van der Waals surface area contributed by atoms with E-state index in [1.165, 1.54) is 6.07 Å². The van der Waals surface area contributed by atoms with Crippen LogP contribution in [-0.4, -0.2) is 10.9 Å². The van der Waals surface area contributed by atoms with E-state index in [1.807, 2.05) is 32.0 Å². The number of carbonyl (C=O) groups is 1. The lowest BCUT2D eigenvalue weighted by Crippen LogP contribution is -2.15. The van der Waals surface area contributed by atoms with Crippen LogP contribution in [0.4, 0.5) is 5.69 Å². The molecule has 0 bridgehead atoms. The lowest BCUT2D eigenvalue weighted by molar-refractivity contribution is -0.115. The van der Waals surface area contributed by atoms with Gasteiger partial charge in [0.05, 0.1) is 6.42 Å². The minimum absolute atomic E-state index is 0.169. The van der Waals surface area contributed by atoms with Crippen LogP contribution in [0.15, 0.2) is 51.8 Å². The topological polar surface area (TPSA) is 72.2 Å². The number of pyridine rings is 1. The van der Waals surface area contributed by atoms with Gasteiger partial charge < -0.3 is 9.73 Å². The number of rotatable bonds is 3. The molecule has 0 atom stereocenters. The van der Waals surface area contributed by atoms with Crippen LogP contribution in [0.25, 0.3) is 11.0 Å². The number of hydrogen-bond acceptors (Lipinski definition) is 4.